The van der Waals surface area contributed by atoms with Gasteiger partial charge >= 0.3 is 7.12 Å². The molecule has 0 bridgehead atoms. The fraction of sp³-hybridized carbons (Fsp3) is 0.167. The van der Waals surface area contributed by atoms with Crippen molar-refractivity contribution in [3.63, 3.8) is 0 Å². The Morgan fingerprint density at radius 2 is 2.25 bits per heavy atom. The van der Waals surface area contributed by atoms with Crippen molar-refractivity contribution in [2.75, 3.05) is 7.11 Å². The molecule has 0 aromatic carbocycles. The highest BCUT2D eigenvalue weighted by Gasteiger charge is 2.17. The number of hydrogen-bond donors (Lipinski definition) is 2. The molecule has 1 rings (SSSR count). The van der Waals surface area contributed by atoms with Crippen LogP contribution in [0.4, 0.5) is 0 Å². The average Bonchev–Trinajstić information content (AvgIpc) is 2.04. The molecule has 1 aromatic heterocycles. The molecule has 0 aliphatic carbocycles. The molecule has 12 heavy (non-hydrogen) atoms. The molecule has 1 aromatic rings. The van der Waals surface area contributed by atoms with Gasteiger partial charge in [0, 0.05) is 16.1 Å². The lowest BCUT2D eigenvalue weighted by molar-refractivity contribution is 0.391. The Morgan fingerprint density at radius 3 is 2.75 bits per heavy atom. The van der Waals surface area contributed by atoms with Gasteiger partial charge in [0.1, 0.15) is 0 Å². The fourth-order valence-electron chi connectivity index (χ4n) is 0.798. The molecule has 4 nitrogen and oxygen atoms in total. The maximum Gasteiger partial charge on any atom is 0.494 e. The van der Waals surface area contributed by atoms with E-state index in [2.05, 4.69) is 20.9 Å². The van der Waals surface area contributed by atoms with Crippen LogP contribution in [0.1, 0.15) is 0 Å². The number of aromatic nitrogens is 1. The van der Waals surface area contributed by atoms with E-state index in [9.17, 15) is 0 Å². The Bertz CT molecular complexity index is 281. The molecule has 0 aliphatic rings. The van der Waals surface area contributed by atoms with E-state index in [1.165, 1.54) is 19.4 Å². The van der Waals surface area contributed by atoms with Crippen LogP contribution >= 0.6 is 15.9 Å². The molecule has 0 radical (unpaired) electrons. The van der Waals surface area contributed by atoms with Crippen molar-refractivity contribution in [2.45, 2.75) is 0 Å². The van der Waals surface area contributed by atoms with Crippen LogP contribution in [-0.4, -0.2) is 29.3 Å². The van der Waals surface area contributed by atoms with E-state index < -0.39 is 7.12 Å². The lowest BCUT2D eigenvalue weighted by atomic mass is 9.81. The first-order valence-corrected chi connectivity index (χ1v) is 4.00. The van der Waals surface area contributed by atoms with E-state index in [0.717, 1.165) is 0 Å². The van der Waals surface area contributed by atoms with Crippen molar-refractivity contribution in [3.05, 3.63) is 16.7 Å². The first-order chi connectivity index (χ1) is 5.65. The first-order valence-electron chi connectivity index (χ1n) is 3.20. The van der Waals surface area contributed by atoms with E-state index in [1.54, 1.807) is 0 Å². The number of ether oxygens (including phenoxy) is 1. The Hall–Kier alpha value is -0.585. The third kappa shape index (κ3) is 1.97. The van der Waals surface area contributed by atoms with Crippen LogP contribution in [0, 0.1) is 0 Å². The number of rotatable bonds is 2. The van der Waals surface area contributed by atoms with Gasteiger partial charge in [0.05, 0.1) is 7.11 Å². The number of hydrogen-bond acceptors (Lipinski definition) is 4. The lowest BCUT2D eigenvalue weighted by Crippen LogP contribution is -2.31. The summed E-state index contributed by atoms with van der Waals surface area (Å²) in [5.74, 6) is 0.216. The number of halogens is 1. The summed E-state index contributed by atoms with van der Waals surface area (Å²) in [5.41, 5.74) is 0.242. The van der Waals surface area contributed by atoms with E-state index in [0.29, 0.717) is 4.47 Å². The standard InChI is InChI=1S/C6H7BBrNO3/c1-12-6-5(7(10)11)2-4(8)3-9-6/h2-3,10-11H,1H3. The second kappa shape index (κ2) is 3.89. The molecule has 6 heteroatoms. The molecule has 0 saturated heterocycles. The Kier molecular flexibility index (Phi) is 3.08. The average molecular weight is 232 g/mol. The number of pyridine rings is 1. The maximum absolute atomic E-state index is 8.87. The molecule has 1 heterocycles. The second-order valence-electron chi connectivity index (χ2n) is 2.13. The largest absolute Gasteiger partial charge is 0.494 e. The van der Waals surface area contributed by atoms with Gasteiger partial charge in [-0.25, -0.2) is 4.98 Å². The normalized spacial score (nSPS) is 9.67. The van der Waals surface area contributed by atoms with Crippen LogP contribution in [-0.2, 0) is 0 Å². The minimum Gasteiger partial charge on any atom is -0.481 e. The SMILES string of the molecule is COc1ncc(Br)cc1B(O)O. The van der Waals surface area contributed by atoms with Crippen molar-refractivity contribution in [1.29, 1.82) is 0 Å². The minimum absolute atomic E-state index is 0.216. The molecule has 64 valence electrons. The van der Waals surface area contributed by atoms with Crippen molar-refractivity contribution in [1.82, 2.24) is 4.98 Å². The van der Waals surface area contributed by atoms with Gasteiger partial charge in [-0.05, 0) is 22.0 Å². The van der Waals surface area contributed by atoms with Gasteiger partial charge in [-0.15, -0.1) is 0 Å². The quantitative estimate of drug-likeness (QED) is 0.676. The highest BCUT2D eigenvalue weighted by molar-refractivity contribution is 9.10. The van der Waals surface area contributed by atoms with Crippen LogP contribution in [0.25, 0.3) is 0 Å². The molecular weight excluding hydrogens is 225 g/mol. The summed E-state index contributed by atoms with van der Waals surface area (Å²) in [6.07, 6.45) is 1.52. The highest BCUT2D eigenvalue weighted by Crippen LogP contribution is 2.10. The Balaban J connectivity index is 3.12. The highest BCUT2D eigenvalue weighted by atomic mass is 79.9. The molecule has 0 atom stereocenters. The summed E-state index contributed by atoms with van der Waals surface area (Å²) >= 11 is 3.15. The van der Waals surface area contributed by atoms with Crippen molar-refractivity contribution in [3.8, 4) is 5.88 Å². The first kappa shape index (κ1) is 9.50. The predicted molar refractivity (Wildman–Crippen MR) is 48.3 cm³/mol. The molecule has 0 fully saturated rings. The topological polar surface area (TPSA) is 62.6 Å². The lowest BCUT2D eigenvalue weighted by Gasteiger charge is -2.05. The van der Waals surface area contributed by atoms with Crippen LogP contribution < -0.4 is 10.2 Å². The number of nitrogens with zero attached hydrogens (tertiary/aromatic N) is 1. The summed E-state index contributed by atoms with van der Waals surface area (Å²) in [5, 5.41) is 17.7. The predicted octanol–water partition coefficient (Wildman–Crippen LogP) is -0.468. The molecule has 2 N–H and O–H groups in total. The Morgan fingerprint density at radius 1 is 1.58 bits per heavy atom. The van der Waals surface area contributed by atoms with Crippen LogP contribution in [0.5, 0.6) is 5.88 Å². The van der Waals surface area contributed by atoms with Gasteiger partial charge in [-0.1, -0.05) is 0 Å². The summed E-state index contributed by atoms with van der Waals surface area (Å²) in [6.45, 7) is 0. The fourth-order valence-corrected chi connectivity index (χ4v) is 1.15. The molecule has 0 aliphatic heterocycles. The molecule has 0 spiro atoms. The smallest absolute Gasteiger partial charge is 0.481 e. The zero-order chi connectivity index (χ0) is 9.14. The van der Waals surface area contributed by atoms with E-state index >= 15 is 0 Å². The maximum atomic E-state index is 8.87. The van der Waals surface area contributed by atoms with Gasteiger partial charge in [0.15, 0.2) is 0 Å². The second-order valence-corrected chi connectivity index (χ2v) is 3.04. The van der Waals surface area contributed by atoms with Gasteiger partial charge in [-0.2, -0.15) is 0 Å². The zero-order valence-electron chi connectivity index (χ0n) is 6.36. The monoisotopic (exact) mass is 231 g/mol. The summed E-state index contributed by atoms with van der Waals surface area (Å²) in [7, 11) is -0.146. The minimum atomic E-state index is -1.56. The summed E-state index contributed by atoms with van der Waals surface area (Å²) in [4.78, 5) is 3.83. The summed E-state index contributed by atoms with van der Waals surface area (Å²) < 4.78 is 5.48. The Labute approximate surface area is 78.5 Å². The van der Waals surface area contributed by atoms with Crippen molar-refractivity contribution < 1.29 is 14.8 Å². The summed E-state index contributed by atoms with van der Waals surface area (Å²) in [6, 6.07) is 1.54. The van der Waals surface area contributed by atoms with Crippen molar-refractivity contribution >= 4 is 28.5 Å². The van der Waals surface area contributed by atoms with Crippen LogP contribution in [0.15, 0.2) is 16.7 Å². The zero-order valence-corrected chi connectivity index (χ0v) is 7.95. The molecule has 0 unspecified atom stereocenters. The van der Waals surface area contributed by atoms with E-state index in [4.69, 9.17) is 14.8 Å². The third-order valence-electron chi connectivity index (χ3n) is 1.32. The molecule has 0 amide bonds. The van der Waals surface area contributed by atoms with E-state index in [-0.39, 0.29) is 11.3 Å². The van der Waals surface area contributed by atoms with Gasteiger partial charge < -0.3 is 14.8 Å². The molecule has 0 saturated carbocycles. The van der Waals surface area contributed by atoms with Gasteiger partial charge in [-0.3, -0.25) is 0 Å². The van der Waals surface area contributed by atoms with Gasteiger partial charge in [0.25, 0.3) is 0 Å². The van der Waals surface area contributed by atoms with Crippen LogP contribution in [0.2, 0.25) is 0 Å². The van der Waals surface area contributed by atoms with E-state index in [1.807, 2.05) is 0 Å². The van der Waals surface area contributed by atoms with Crippen LogP contribution in [0.3, 0.4) is 0 Å². The van der Waals surface area contributed by atoms with Gasteiger partial charge in [0.2, 0.25) is 5.88 Å². The molecular formula is C6H7BBrNO3. The third-order valence-corrected chi connectivity index (χ3v) is 1.75. The van der Waals surface area contributed by atoms with Crippen molar-refractivity contribution in [2.24, 2.45) is 0 Å². The number of methoxy groups -OCH3 is 1.